The minimum absolute atomic E-state index is 0.226. The third-order valence-corrected chi connectivity index (χ3v) is 4.43. The van der Waals surface area contributed by atoms with Gasteiger partial charge in [0.2, 0.25) is 0 Å². The smallest absolute Gasteiger partial charge is 0.410 e. The van der Waals surface area contributed by atoms with Crippen molar-refractivity contribution in [3.8, 4) is 0 Å². The Morgan fingerprint density at radius 1 is 1.26 bits per heavy atom. The lowest BCUT2D eigenvalue weighted by atomic mass is 9.96. The van der Waals surface area contributed by atoms with Crippen LogP contribution >= 0.6 is 0 Å². The number of carbonyl (C=O) groups excluding carboxylic acids is 1. The third-order valence-electron chi connectivity index (χ3n) is 4.43. The quantitative estimate of drug-likeness (QED) is 0.727. The summed E-state index contributed by atoms with van der Waals surface area (Å²) < 4.78 is 11.0. The number of nitrogens with zero attached hydrogens (tertiary/aromatic N) is 1. The number of hydrogen-bond donors (Lipinski definition) is 1. The van der Waals surface area contributed by atoms with Crippen LogP contribution in [0.5, 0.6) is 0 Å². The average Bonchev–Trinajstić information content (AvgIpc) is 2.62. The maximum Gasteiger partial charge on any atom is 0.410 e. The first-order valence-corrected chi connectivity index (χ1v) is 9.78. The van der Waals surface area contributed by atoms with E-state index in [-0.39, 0.29) is 6.09 Å². The second-order valence-corrected chi connectivity index (χ2v) is 8.12. The van der Waals surface area contributed by atoms with Gasteiger partial charge in [-0.15, -0.1) is 0 Å². The highest BCUT2D eigenvalue weighted by Crippen LogP contribution is 2.21. The number of carbonyl (C=O) groups is 1. The number of amides is 1. The second-order valence-electron chi connectivity index (χ2n) is 8.12. The summed E-state index contributed by atoms with van der Waals surface area (Å²) in [4.78, 5) is 13.8. The lowest BCUT2D eigenvalue weighted by Crippen LogP contribution is -2.41. The predicted molar refractivity (Wildman–Crippen MR) is 106 cm³/mol. The van der Waals surface area contributed by atoms with Crippen molar-refractivity contribution in [3.05, 3.63) is 48.0 Å². The van der Waals surface area contributed by atoms with Crippen molar-refractivity contribution < 1.29 is 19.4 Å². The van der Waals surface area contributed by atoms with E-state index in [1.54, 1.807) is 4.90 Å². The van der Waals surface area contributed by atoms with E-state index in [9.17, 15) is 9.90 Å². The molecule has 5 heteroatoms. The first kappa shape index (κ1) is 21.5. The summed E-state index contributed by atoms with van der Waals surface area (Å²) in [7, 11) is 0. The van der Waals surface area contributed by atoms with Crippen LogP contribution < -0.4 is 0 Å². The van der Waals surface area contributed by atoms with Crippen molar-refractivity contribution in [1.29, 1.82) is 0 Å². The highest BCUT2D eigenvalue weighted by atomic mass is 16.6. The van der Waals surface area contributed by atoms with Gasteiger partial charge in [-0.1, -0.05) is 42.5 Å². The molecular weight excluding hydrogens is 342 g/mol. The van der Waals surface area contributed by atoms with Gasteiger partial charge in [-0.05, 0) is 51.5 Å². The fourth-order valence-corrected chi connectivity index (χ4v) is 2.98. The van der Waals surface area contributed by atoms with E-state index in [1.807, 2.05) is 57.2 Å². The highest BCUT2D eigenvalue weighted by Gasteiger charge is 2.25. The predicted octanol–water partition coefficient (Wildman–Crippen LogP) is 4.16. The molecule has 0 aliphatic carbocycles. The van der Waals surface area contributed by atoms with E-state index >= 15 is 0 Å². The van der Waals surface area contributed by atoms with Crippen LogP contribution in [0.4, 0.5) is 4.79 Å². The van der Waals surface area contributed by atoms with Crippen molar-refractivity contribution in [3.63, 3.8) is 0 Å². The minimum Gasteiger partial charge on any atom is -0.444 e. The lowest BCUT2D eigenvalue weighted by molar-refractivity contribution is 0.0197. The molecule has 1 aliphatic heterocycles. The van der Waals surface area contributed by atoms with Crippen molar-refractivity contribution in [2.75, 3.05) is 19.7 Å². The summed E-state index contributed by atoms with van der Waals surface area (Å²) in [6.07, 6.45) is 5.91. The van der Waals surface area contributed by atoms with Gasteiger partial charge in [-0.2, -0.15) is 0 Å². The molecule has 1 aliphatic rings. The Bertz CT molecular complexity index is 586. The van der Waals surface area contributed by atoms with Crippen molar-refractivity contribution >= 4 is 6.09 Å². The molecule has 0 saturated carbocycles. The number of hydrogen-bond acceptors (Lipinski definition) is 4. The molecule has 2 rings (SSSR count). The number of aliphatic hydroxyl groups excluding tert-OH is 1. The van der Waals surface area contributed by atoms with Crippen LogP contribution in [0.25, 0.3) is 0 Å². The van der Waals surface area contributed by atoms with Crippen molar-refractivity contribution in [2.24, 2.45) is 5.92 Å². The van der Waals surface area contributed by atoms with E-state index in [0.29, 0.717) is 38.6 Å². The Kier molecular flexibility index (Phi) is 8.32. The maximum absolute atomic E-state index is 12.1. The van der Waals surface area contributed by atoms with Crippen LogP contribution in [-0.2, 0) is 16.1 Å². The molecule has 1 amide bonds. The van der Waals surface area contributed by atoms with Crippen LogP contribution in [0.2, 0.25) is 0 Å². The number of ether oxygens (including phenoxy) is 2. The second kappa shape index (κ2) is 10.5. The first-order valence-electron chi connectivity index (χ1n) is 9.78. The molecule has 0 aromatic heterocycles. The summed E-state index contributed by atoms with van der Waals surface area (Å²) in [6.45, 7) is 7.93. The van der Waals surface area contributed by atoms with Gasteiger partial charge < -0.3 is 19.5 Å². The van der Waals surface area contributed by atoms with Gasteiger partial charge in [-0.3, -0.25) is 0 Å². The summed E-state index contributed by atoms with van der Waals surface area (Å²) in [5, 5.41) is 10.0. The van der Waals surface area contributed by atoms with Gasteiger partial charge in [0.15, 0.2) is 0 Å². The molecule has 1 fully saturated rings. The van der Waals surface area contributed by atoms with E-state index in [4.69, 9.17) is 9.47 Å². The maximum atomic E-state index is 12.1. The van der Waals surface area contributed by atoms with Gasteiger partial charge in [-0.25, -0.2) is 4.79 Å². The summed E-state index contributed by atoms with van der Waals surface area (Å²) in [6, 6.07) is 9.95. The van der Waals surface area contributed by atoms with Crippen LogP contribution in [0.1, 0.15) is 45.6 Å². The van der Waals surface area contributed by atoms with E-state index in [0.717, 1.165) is 18.4 Å². The zero-order valence-corrected chi connectivity index (χ0v) is 16.8. The minimum atomic E-state index is -0.494. The first-order chi connectivity index (χ1) is 12.8. The molecule has 0 bridgehead atoms. The molecule has 1 heterocycles. The molecule has 1 N–H and O–H groups in total. The average molecular weight is 376 g/mol. The molecule has 0 unspecified atom stereocenters. The summed E-state index contributed by atoms with van der Waals surface area (Å²) >= 11 is 0. The number of likely N-dealkylation sites (tertiary alicyclic amines) is 1. The Hall–Kier alpha value is -1.85. The number of benzene rings is 1. The Labute approximate surface area is 163 Å². The van der Waals surface area contributed by atoms with Crippen LogP contribution in [-0.4, -0.2) is 47.5 Å². The van der Waals surface area contributed by atoms with Crippen molar-refractivity contribution in [2.45, 2.75) is 58.3 Å². The Balaban J connectivity index is 1.60. The van der Waals surface area contributed by atoms with Crippen LogP contribution in [0.3, 0.4) is 0 Å². The molecular formula is C22H33NO4. The lowest BCUT2D eigenvalue weighted by Gasteiger charge is -2.32. The summed E-state index contributed by atoms with van der Waals surface area (Å²) in [5.41, 5.74) is 0.656. The van der Waals surface area contributed by atoms with E-state index < -0.39 is 11.7 Å². The number of piperidine rings is 1. The fourth-order valence-electron chi connectivity index (χ4n) is 2.98. The fraction of sp³-hybridized carbons (Fsp3) is 0.591. The Morgan fingerprint density at radius 2 is 1.93 bits per heavy atom. The number of allylic oxidation sites excluding steroid dienone is 1. The number of rotatable bonds is 7. The third kappa shape index (κ3) is 8.59. The van der Waals surface area contributed by atoms with Gasteiger partial charge >= 0.3 is 6.09 Å². The van der Waals surface area contributed by atoms with Crippen LogP contribution in [0, 0.1) is 5.92 Å². The molecule has 5 nitrogen and oxygen atoms in total. The van der Waals surface area contributed by atoms with Gasteiger partial charge in [0.05, 0.1) is 19.3 Å². The topological polar surface area (TPSA) is 59.0 Å². The molecule has 27 heavy (non-hydrogen) atoms. The molecule has 150 valence electrons. The number of aliphatic hydroxyl groups is 1. The SMILES string of the molecule is CC(C)(C)OC(=O)N1CCC(C=CC[C@@H](O)COCc2ccccc2)CC1. The van der Waals surface area contributed by atoms with Gasteiger partial charge in [0.25, 0.3) is 0 Å². The molecule has 1 aromatic carbocycles. The van der Waals surface area contributed by atoms with Gasteiger partial charge in [0, 0.05) is 13.1 Å². The van der Waals surface area contributed by atoms with Gasteiger partial charge in [0.1, 0.15) is 5.60 Å². The highest BCUT2D eigenvalue weighted by molar-refractivity contribution is 5.68. The monoisotopic (exact) mass is 375 g/mol. The molecule has 0 radical (unpaired) electrons. The van der Waals surface area contributed by atoms with Crippen molar-refractivity contribution in [1.82, 2.24) is 4.90 Å². The molecule has 1 atom stereocenters. The van der Waals surface area contributed by atoms with E-state index in [1.165, 1.54) is 0 Å². The normalized spacial score (nSPS) is 17.3. The summed E-state index contributed by atoms with van der Waals surface area (Å²) in [5.74, 6) is 0.445. The zero-order chi connectivity index (χ0) is 19.7. The zero-order valence-electron chi connectivity index (χ0n) is 16.8. The Morgan fingerprint density at radius 3 is 2.56 bits per heavy atom. The molecule has 1 saturated heterocycles. The van der Waals surface area contributed by atoms with Crippen LogP contribution in [0.15, 0.2) is 42.5 Å². The molecule has 0 spiro atoms. The van der Waals surface area contributed by atoms with E-state index in [2.05, 4.69) is 6.08 Å². The largest absolute Gasteiger partial charge is 0.444 e. The molecule has 1 aromatic rings. The standard InChI is InChI=1S/C22H33NO4/c1-22(2,3)27-21(25)23-14-12-18(13-15-23)10-7-11-20(24)17-26-16-19-8-5-4-6-9-19/h4-10,18,20,24H,11-17H2,1-3H3/t20-/m1/s1.